The minimum atomic E-state index is -1.18. The van der Waals surface area contributed by atoms with Crippen LogP contribution in [0.25, 0.3) is 22.0 Å². The Balaban J connectivity index is 1.99. The summed E-state index contributed by atoms with van der Waals surface area (Å²) in [6.07, 6.45) is 0. The largest absolute Gasteiger partial charge is 0.360 e. The number of non-ortho nitro benzene ring substituents is 1. The van der Waals surface area contributed by atoms with E-state index in [0.29, 0.717) is 12.1 Å². The Bertz CT molecular complexity index is 968. The molecule has 0 saturated carbocycles. The second-order valence-electron chi connectivity index (χ2n) is 7.65. The van der Waals surface area contributed by atoms with Crippen molar-refractivity contribution in [1.82, 2.24) is 9.78 Å². The van der Waals surface area contributed by atoms with Gasteiger partial charge < -0.3 is 4.74 Å². The number of nitro benzene ring substituents is 1. The zero-order valence-electron chi connectivity index (χ0n) is 15.6. The molecule has 2 aromatic carbocycles. The maximum atomic E-state index is 11.7. The molecule has 27 heavy (non-hydrogen) atoms. The van der Waals surface area contributed by atoms with Crippen LogP contribution in [0.4, 0.5) is 5.69 Å². The van der Waals surface area contributed by atoms with E-state index in [1.165, 1.54) is 0 Å². The van der Waals surface area contributed by atoms with Crippen LogP contribution >= 0.6 is 22.6 Å². The van der Waals surface area contributed by atoms with Gasteiger partial charge in [0.1, 0.15) is 15.9 Å². The second kappa shape index (κ2) is 8.07. The summed E-state index contributed by atoms with van der Waals surface area (Å²) in [7, 11) is -1.18. The molecule has 0 atom stereocenters. The van der Waals surface area contributed by atoms with Gasteiger partial charge in [-0.15, -0.1) is 0 Å². The summed E-state index contributed by atoms with van der Waals surface area (Å²) < 4.78 is 8.12. The van der Waals surface area contributed by atoms with Gasteiger partial charge in [0.25, 0.3) is 5.69 Å². The fourth-order valence-electron chi connectivity index (χ4n) is 2.82. The zero-order valence-corrected chi connectivity index (χ0v) is 18.8. The first-order chi connectivity index (χ1) is 12.8. The van der Waals surface area contributed by atoms with Crippen LogP contribution in [-0.4, -0.2) is 29.4 Å². The third kappa shape index (κ3) is 4.74. The second-order valence-corrected chi connectivity index (χ2v) is 14.3. The summed E-state index contributed by atoms with van der Waals surface area (Å²) in [6, 6.07) is 14.3. The van der Waals surface area contributed by atoms with E-state index in [1.54, 1.807) is 10.7 Å². The molecule has 0 bridgehead atoms. The highest BCUT2D eigenvalue weighted by Gasteiger charge is 2.22. The van der Waals surface area contributed by atoms with E-state index >= 15 is 0 Å². The first-order valence-corrected chi connectivity index (χ1v) is 13.5. The molecule has 0 aliphatic rings. The Morgan fingerprint density at radius 3 is 2.52 bits per heavy atom. The predicted octanol–water partition coefficient (Wildman–Crippen LogP) is 5.53. The summed E-state index contributed by atoms with van der Waals surface area (Å²) in [5.74, 6) is 0. The van der Waals surface area contributed by atoms with Crippen molar-refractivity contribution in [3.05, 3.63) is 56.3 Å². The van der Waals surface area contributed by atoms with Crippen LogP contribution in [0.3, 0.4) is 0 Å². The number of halogens is 1. The third-order valence-corrected chi connectivity index (χ3v) is 6.79. The van der Waals surface area contributed by atoms with Crippen LogP contribution in [0.5, 0.6) is 0 Å². The SMILES string of the molecule is C[Si](C)(C)CCOCn1nc(I)c2cc(-c3ccccc3)cc([N+](=O)[O-])c21. The van der Waals surface area contributed by atoms with Crippen LogP contribution in [0.2, 0.25) is 25.7 Å². The number of nitrogens with zero attached hydrogens (tertiary/aromatic N) is 3. The standard InChI is InChI=1S/C19H22IN3O3Si/c1-27(2,3)10-9-26-13-22-18-16(19(20)21-22)11-15(12-17(18)23(24)25)14-7-5-4-6-8-14/h4-8,11-12H,9-10,13H2,1-3H3. The average Bonchev–Trinajstić information content (AvgIpc) is 2.94. The van der Waals surface area contributed by atoms with Gasteiger partial charge in [0.2, 0.25) is 0 Å². The molecule has 0 amide bonds. The van der Waals surface area contributed by atoms with Crippen LogP contribution in [0.1, 0.15) is 0 Å². The van der Waals surface area contributed by atoms with Crippen LogP contribution in [0, 0.1) is 13.8 Å². The van der Waals surface area contributed by atoms with E-state index in [1.807, 2.05) is 36.4 Å². The zero-order chi connectivity index (χ0) is 19.6. The van der Waals surface area contributed by atoms with Crippen molar-refractivity contribution in [2.75, 3.05) is 6.61 Å². The molecular weight excluding hydrogens is 473 g/mol. The van der Waals surface area contributed by atoms with Gasteiger partial charge in [-0.1, -0.05) is 50.0 Å². The lowest BCUT2D eigenvalue weighted by atomic mass is 10.0. The van der Waals surface area contributed by atoms with E-state index in [-0.39, 0.29) is 17.3 Å². The van der Waals surface area contributed by atoms with Gasteiger partial charge in [-0.3, -0.25) is 10.1 Å². The van der Waals surface area contributed by atoms with Gasteiger partial charge in [-0.25, -0.2) is 4.68 Å². The molecule has 142 valence electrons. The molecule has 0 saturated heterocycles. The Kier molecular flexibility index (Phi) is 5.97. The molecule has 1 heterocycles. The molecule has 6 nitrogen and oxygen atoms in total. The first-order valence-electron chi connectivity index (χ1n) is 8.74. The Hall–Kier alpha value is -1.78. The molecular formula is C19H22IN3O3Si. The summed E-state index contributed by atoms with van der Waals surface area (Å²) in [6.45, 7) is 7.73. The number of aromatic nitrogens is 2. The Morgan fingerprint density at radius 2 is 1.89 bits per heavy atom. The number of rotatable bonds is 7. The Labute approximate surface area is 172 Å². The fourth-order valence-corrected chi connectivity index (χ4v) is 4.25. The van der Waals surface area contributed by atoms with Gasteiger partial charge >= 0.3 is 0 Å². The number of fused-ring (bicyclic) bond motifs is 1. The number of hydrogen-bond acceptors (Lipinski definition) is 4. The summed E-state index contributed by atoms with van der Waals surface area (Å²) in [5.41, 5.74) is 2.32. The van der Waals surface area contributed by atoms with Gasteiger partial charge in [-0.2, -0.15) is 5.10 Å². The lowest BCUT2D eigenvalue weighted by molar-refractivity contribution is -0.383. The fraction of sp³-hybridized carbons (Fsp3) is 0.316. The highest BCUT2D eigenvalue weighted by atomic mass is 127. The average molecular weight is 495 g/mol. The summed E-state index contributed by atoms with van der Waals surface area (Å²) in [4.78, 5) is 11.4. The predicted molar refractivity (Wildman–Crippen MR) is 119 cm³/mol. The van der Waals surface area contributed by atoms with Gasteiger partial charge in [0.15, 0.2) is 0 Å². The molecule has 0 N–H and O–H groups in total. The number of nitro groups is 1. The van der Waals surface area contributed by atoms with Crippen LogP contribution < -0.4 is 0 Å². The van der Waals surface area contributed by atoms with Crippen molar-refractivity contribution in [3.63, 3.8) is 0 Å². The number of ether oxygens (including phenoxy) is 1. The van der Waals surface area contributed by atoms with Crippen molar-refractivity contribution < 1.29 is 9.66 Å². The highest BCUT2D eigenvalue weighted by Crippen LogP contribution is 2.34. The van der Waals surface area contributed by atoms with Gasteiger partial charge in [-0.05, 0) is 45.8 Å². The lowest BCUT2D eigenvalue weighted by Gasteiger charge is -2.15. The van der Waals surface area contributed by atoms with Gasteiger partial charge in [0, 0.05) is 26.1 Å². The normalized spacial score (nSPS) is 11.9. The first kappa shape index (κ1) is 20.0. The smallest absolute Gasteiger partial charge is 0.295 e. The van der Waals surface area contributed by atoms with E-state index < -0.39 is 8.07 Å². The van der Waals surface area contributed by atoms with Crippen molar-refractivity contribution >= 4 is 47.3 Å². The molecule has 0 unspecified atom stereocenters. The number of hydrogen-bond donors (Lipinski definition) is 0. The van der Waals surface area contributed by atoms with Crippen molar-refractivity contribution in [2.45, 2.75) is 32.4 Å². The maximum Gasteiger partial charge on any atom is 0.295 e. The molecule has 0 spiro atoms. The summed E-state index contributed by atoms with van der Waals surface area (Å²) >= 11 is 2.13. The van der Waals surface area contributed by atoms with Gasteiger partial charge in [0.05, 0.1) is 4.92 Å². The highest BCUT2D eigenvalue weighted by molar-refractivity contribution is 14.1. The number of benzene rings is 2. The monoisotopic (exact) mass is 495 g/mol. The topological polar surface area (TPSA) is 70.2 Å². The quantitative estimate of drug-likeness (QED) is 0.142. The Morgan fingerprint density at radius 1 is 1.19 bits per heavy atom. The van der Waals surface area contributed by atoms with Crippen molar-refractivity contribution in [3.8, 4) is 11.1 Å². The third-order valence-electron chi connectivity index (χ3n) is 4.29. The molecule has 0 aliphatic carbocycles. The molecule has 0 radical (unpaired) electrons. The maximum absolute atomic E-state index is 11.7. The van der Waals surface area contributed by atoms with Crippen LogP contribution in [0.15, 0.2) is 42.5 Å². The summed E-state index contributed by atoms with van der Waals surface area (Å²) in [5, 5.41) is 17.0. The van der Waals surface area contributed by atoms with E-state index in [4.69, 9.17) is 4.74 Å². The van der Waals surface area contributed by atoms with E-state index in [2.05, 4.69) is 47.3 Å². The minimum Gasteiger partial charge on any atom is -0.360 e. The van der Waals surface area contributed by atoms with Crippen LogP contribution in [-0.2, 0) is 11.5 Å². The molecule has 1 aromatic heterocycles. The van der Waals surface area contributed by atoms with E-state index in [9.17, 15) is 10.1 Å². The van der Waals surface area contributed by atoms with Crippen molar-refractivity contribution in [1.29, 1.82) is 0 Å². The van der Waals surface area contributed by atoms with Crippen molar-refractivity contribution in [2.24, 2.45) is 0 Å². The molecule has 8 heteroatoms. The molecule has 0 fully saturated rings. The molecule has 3 rings (SSSR count). The molecule has 0 aliphatic heterocycles. The molecule has 3 aromatic rings. The minimum absolute atomic E-state index is 0.0514. The van der Waals surface area contributed by atoms with E-state index in [0.717, 1.165) is 26.3 Å². The lowest BCUT2D eigenvalue weighted by Crippen LogP contribution is -2.22.